The molecule has 0 aliphatic carbocycles. The molecule has 0 aliphatic rings. The van der Waals surface area contributed by atoms with E-state index in [1.807, 2.05) is 0 Å². The van der Waals surface area contributed by atoms with Gasteiger partial charge in [0.25, 0.3) is 0 Å². The Morgan fingerprint density at radius 2 is 0.794 bits per heavy atom. The second-order valence-electron chi connectivity index (χ2n) is 16.4. The highest BCUT2D eigenvalue weighted by atomic mass is 28.3. The summed E-state index contributed by atoms with van der Waals surface area (Å²) in [6.07, 6.45) is 0. The number of fused-ring (bicyclic) bond motifs is 6. The lowest BCUT2D eigenvalue weighted by Gasteiger charge is -2.35. The van der Waals surface area contributed by atoms with Crippen LogP contribution in [0.25, 0.3) is 77.2 Å². The summed E-state index contributed by atoms with van der Waals surface area (Å²) in [5.41, 5.74) is 11.8. The molecular formula is C60H42N2Si. The molecule has 0 aliphatic heterocycles. The molecule has 2 heterocycles. The molecule has 296 valence electrons. The van der Waals surface area contributed by atoms with Crippen molar-refractivity contribution in [1.29, 1.82) is 0 Å². The third-order valence-electron chi connectivity index (χ3n) is 13.0. The van der Waals surface area contributed by atoms with Gasteiger partial charge in [-0.2, -0.15) is 0 Å². The first kappa shape index (κ1) is 36.8. The number of nitrogens with zero attached hydrogens (tertiary/aromatic N) is 2. The van der Waals surface area contributed by atoms with Crippen LogP contribution in [0.3, 0.4) is 0 Å². The summed E-state index contributed by atoms with van der Waals surface area (Å²) in [6, 6.07) is 94.4. The largest absolute Gasteiger partial charge is 0.307 e. The van der Waals surface area contributed by atoms with Gasteiger partial charge in [-0.25, -0.2) is 0 Å². The van der Waals surface area contributed by atoms with Crippen molar-refractivity contribution in [2.24, 2.45) is 0 Å². The standard InChI is InChI=1S/C60H42N2Si/c1-6-22-43(23-7-1)45-26-18-27-46(42-45)61-54-38-17-16-34-51(54)52-36-20-40-56(60(52)61)62-55-39-21-41-57(58(55)53-37-19-35-50(59(53)62)44-24-8-2-9-25-44)63(47-28-10-3-11-29-47,48-30-12-4-13-31-48)49-32-14-5-15-33-49/h1-42H. The van der Waals surface area contributed by atoms with Gasteiger partial charge in [-0.15, -0.1) is 0 Å². The molecule has 0 unspecified atom stereocenters. The average Bonchev–Trinajstić information content (AvgIpc) is 3.90. The first-order chi connectivity index (χ1) is 31.3. The van der Waals surface area contributed by atoms with Crippen LogP contribution in [0.5, 0.6) is 0 Å². The number of hydrogen-bond donors (Lipinski definition) is 0. The monoisotopic (exact) mass is 818 g/mol. The van der Waals surface area contributed by atoms with Crippen LogP contribution in [0.2, 0.25) is 0 Å². The van der Waals surface area contributed by atoms with Crippen LogP contribution in [-0.2, 0) is 0 Å². The van der Waals surface area contributed by atoms with Gasteiger partial charge >= 0.3 is 0 Å². The number of rotatable bonds is 8. The number of hydrogen-bond acceptors (Lipinski definition) is 0. The molecule has 0 radical (unpaired) electrons. The second-order valence-corrected chi connectivity index (χ2v) is 20.2. The van der Waals surface area contributed by atoms with E-state index in [0.29, 0.717) is 0 Å². The fraction of sp³-hybridized carbons (Fsp3) is 0. The van der Waals surface area contributed by atoms with Crippen LogP contribution in [0, 0.1) is 0 Å². The summed E-state index contributed by atoms with van der Waals surface area (Å²) in [4.78, 5) is 0. The minimum absolute atomic E-state index is 1.13. The molecule has 2 nitrogen and oxygen atoms in total. The number of aromatic nitrogens is 2. The van der Waals surface area contributed by atoms with Gasteiger partial charge in [0.2, 0.25) is 0 Å². The van der Waals surface area contributed by atoms with E-state index in [0.717, 1.165) is 11.4 Å². The van der Waals surface area contributed by atoms with E-state index < -0.39 is 8.07 Å². The Balaban J connectivity index is 1.27. The summed E-state index contributed by atoms with van der Waals surface area (Å²) in [7, 11) is -2.97. The van der Waals surface area contributed by atoms with Crippen molar-refractivity contribution < 1.29 is 0 Å². The predicted octanol–water partition coefficient (Wildman–Crippen LogP) is 12.6. The predicted molar refractivity (Wildman–Crippen MR) is 270 cm³/mol. The Morgan fingerprint density at radius 3 is 1.46 bits per heavy atom. The molecule has 0 saturated heterocycles. The Hall–Kier alpha value is -7.98. The maximum absolute atomic E-state index is 2.97. The van der Waals surface area contributed by atoms with Crippen molar-refractivity contribution in [3.8, 4) is 33.6 Å². The maximum Gasteiger partial charge on any atom is 0.180 e. The van der Waals surface area contributed by atoms with E-state index in [1.54, 1.807) is 0 Å². The molecule has 0 atom stereocenters. The molecule has 0 amide bonds. The highest BCUT2D eigenvalue weighted by Crippen LogP contribution is 2.42. The van der Waals surface area contributed by atoms with Crippen molar-refractivity contribution in [3.63, 3.8) is 0 Å². The minimum atomic E-state index is -2.97. The normalized spacial score (nSPS) is 11.8. The van der Waals surface area contributed by atoms with Gasteiger partial charge in [0.1, 0.15) is 0 Å². The molecule has 0 saturated carbocycles. The van der Waals surface area contributed by atoms with Gasteiger partial charge < -0.3 is 9.13 Å². The van der Waals surface area contributed by atoms with Gasteiger partial charge in [0.05, 0.1) is 27.8 Å². The first-order valence-electron chi connectivity index (χ1n) is 21.8. The summed E-state index contributed by atoms with van der Waals surface area (Å²) < 4.78 is 5.09. The van der Waals surface area contributed by atoms with Crippen LogP contribution in [0.1, 0.15) is 0 Å². The van der Waals surface area contributed by atoms with Crippen molar-refractivity contribution in [2.75, 3.05) is 0 Å². The summed E-state index contributed by atoms with van der Waals surface area (Å²) >= 11 is 0. The zero-order valence-electron chi connectivity index (χ0n) is 34.6. The van der Waals surface area contributed by atoms with Crippen molar-refractivity contribution >= 4 is 72.4 Å². The topological polar surface area (TPSA) is 9.86 Å². The number of benzene rings is 10. The van der Waals surface area contributed by atoms with Crippen LogP contribution in [0.15, 0.2) is 255 Å². The van der Waals surface area contributed by atoms with Crippen molar-refractivity contribution in [2.45, 2.75) is 0 Å². The second kappa shape index (κ2) is 15.2. The first-order valence-corrected chi connectivity index (χ1v) is 23.8. The molecule has 12 aromatic rings. The van der Waals surface area contributed by atoms with Gasteiger partial charge in [0, 0.05) is 32.8 Å². The zero-order chi connectivity index (χ0) is 41.7. The molecule has 12 rings (SSSR count). The van der Waals surface area contributed by atoms with Crippen LogP contribution >= 0.6 is 0 Å². The lowest BCUT2D eigenvalue weighted by Crippen LogP contribution is -2.74. The zero-order valence-corrected chi connectivity index (χ0v) is 35.6. The van der Waals surface area contributed by atoms with Crippen molar-refractivity contribution in [1.82, 2.24) is 9.13 Å². The lowest BCUT2D eigenvalue weighted by atomic mass is 10.0. The third-order valence-corrected chi connectivity index (χ3v) is 17.9. The third kappa shape index (κ3) is 5.78. The van der Waals surface area contributed by atoms with E-state index in [1.165, 1.54) is 86.6 Å². The molecule has 3 heteroatoms. The number of para-hydroxylation sites is 3. The van der Waals surface area contributed by atoms with Gasteiger partial charge in [0.15, 0.2) is 8.07 Å². The molecule has 0 spiro atoms. The van der Waals surface area contributed by atoms with Crippen LogP contribution in [-0.4, -0.2) is 17.2 Å². The molecule has 0 fully saturated rings. The van der Waals surface area contributed by atoms with Crippen molar-refractivity contribution in [3.05, 3.63) is 255 Å². The van der Waals surface area contributed by atoms with Gasteiger partial charge in [-0.3, -0.25) is 0 Å². The van der Waals surface area contributed by atoms with Gasteiger partial charge in [-0.05, 0) is 67.8 Å². The quantitative estimate of drug-likeness (QED) is 0.107. The molecule has 0 N–H and O–H groups in total. The fourth-order valence-corrected chi connectivity index (χ4v) is 15.5. The van der Waals surface area contributed by atoms with Gasteiger partial charge in [-0.1, -0.05) is 224 Å². The van der Waals surface area contributed by atoms with Crippen LogP contribution < -0.4 is 20.7 Å². The Bertz CT molecular complexity index is 3500. The van der Waals surface area contributed by atoms with E-state index in [2.05, 4.69) is 264 Å². The molecule has 10 aromatic carbocycles. The maximum atomic E-state index is 2.59. The summed E-state index contributed by atoms with van der Waals surface area (Å²) in [5, 5.41) is 10.4. The smallest absolute Gasteiger partial charge is 0.180 e. The minimum Gasteiger partial charge on any atom is -0.307 e. The Kier molecular flexibility index (Phi) is 8.87. The summed E-state index contributed by atoms with van der Waals surface area (Å²) in [6.45, 7) is 0. The fourth-order valence-electron chi connectivity index (χ4n) is 10.5. The van der Waals surface area contributed by atoms with Crippen LogP contribution in [0.4, 0.5) is 0 Å². The molecule has 2 aromatic heterocycles. The molecule has 0 bridgehead atoms. The Labute approximate surface area is 368 Å². The average molecular weight is 819 g/mol. The highest BCUT2D eigenvalue weighted by Gasteiger charge is 2.43. The van der Waals surface area contributed by atoms with E-state index in [9.17, 15) is 0 Å². The van der Waals surface area contributed by atoms with E-state index in [-0.39, 0.29) is 0 Å². The molecular weight excluding hydrogens is 777 g/mol. The highest BCUT2D eigenvalue weighted by molar-refractivity contribution is 7.20. The lowest BCUT2D eigenvalue weighted by molar-refractivity contribution is 1.13. The SMILES string of the molecule is c1ccc(-c2cccc(-n3c4ccccc4c4cccc(-n5c6cccc([Si](c7ccccc7)(c7ccccc7)c7ccccc7)c6c6cccc(-c7ccccc7)c65)c43)c2)cc1. The Morgan fingerprint density at radius 1 is 0.302 bits per heavy atom. The summed E-state index contributed by atoms with van der Waals surface area (Å²) in [5.74, 6) is 0. The van der Waals surface area contributed by atoms with E-state index in [4.69, 9.17) is 0 Å². The molecule has 63 heavy (non-hydrogen) atoms. The van der Waals surface area contributed by atoms with E-state index >= 15 is 0 Å².